The molecule has 2 aliphatic rings. The number of likely N-dealkylation sites (tertiary alicyclic amines) is 1. The molecular weight excluding hydrogens is 529 g/mol. The fourth-order valence-electron chi connectivity index (χ4n) is 4.71. The van der Waals surface area contributed by atoms with Crippen LogP contribution in [0, 0.1) is 6.92 Å². The second kappa shape index (κ2) is 12.0. The molecule has 1 amide bonds. The second-order valence-electron chi connectivity index (χ2n) is 8.87. The second-order valence-corrected chi connectivity index (χ2v) is 8.87. The van der Waals surface area contributed by atoms with Gasteiger partial charge < -0.3 is 19.5 Å². The van der Waals surface area contributed by atoms with Crippen LogP contribution in [0.5, 0.6) is 0 Å². The highest BCUT2D eigenvalue weighted by Crippen LogP contribution is 2.14. The molecule has 2 aromatic heterocycles. The lowest BCUT2D eigenvalue weighted by atomic mass is 10.2. The van der Waals surface area contributed by atoms with Gasteiger partial charge in [-0.2, -0.15) is 0 Å². The standard InChI is InChI=1S/C24H37N7O.HI/c1-4-25-24(26-10-9-21-18-31-13-7-8-19(2)22(31)27-21)30-16-14-28(15-17-30)20(3)23(32)29-11-5-6-12-29;/h7-8,13,18,20H,4-6,9-12,14-17H2,1-3H3,(H,25,26);1H. The topological polar surface area (TPSA) is 68.5 Å². The van der Waals surface area contributed by atoms with Crippen molar-refractivity contribution in [3.63, 3.8) is 0 Å². The van der Waals surface area contributed by atoms with E-state index in [0.717, 1.165) is 82.4 Å². The normalized spacial score (nSPS) is 18.5. The van der Waals surface area contributed by atoms with Crippen molar-refractivity contribution in [3.8, 4) is 0 Å². The molecule has 4 heterocycles. The predicted octanol–water partition coefficient (Wildman–Crippen LogP) is 2.40. The first kappa shape index (κ1) is 25.7. The first-order chi connectivity index (χ1) is 15.6. The van der Waals surface area contributed by atoms with Gasteiger partial charge in [0.15, 0.2) is 5.96 Å². The number of carbonyl (C=O) groups is 1. The van der Waals surface area contributed by atoms with Crippen LogP contribution in [0.15, 0.2) is 29.5 Å². The number of imidazole rings is 1. The van der Waals surface area contributed by atoms with Crippen LogP contribution in [0.25, 0.3) is 5.65 Å². The van der Waals surface area contributed by atoms with E-state index in [1.54, 1.807) is 0 Å². The molecule has 0 spiro atoms. The summed E-state index contributed by atoms with van der Waals surface area (Å²) in [5, 5.41) is 3.44. The van der Waals surface area contributed by atoms with E-state index in [-0.39, 0.29) is 30.0 Å². The van der Waals surface area contributed by atoms with Crippen LogP contribution in [0.3, 0.4) is 0 Å². The lowest BCUT2D eigenvalue weighted by molar-refractivity contribution is -0.135. The fraction of sp³-hybridized carbons (Fsp3) is 0.625. The highest BCUT2D eigenvalue weighted by Gasteiger charge is 2.30. The Morgan fingerprint density at radius 1 is 1.15 bits per heavy atom. The van der Waals surface area contributed by atoms with Crippen molar-refractivity contribution in [1.82, 2.24) is 29.4 Å². The largest absolute Gasteiger partial charge is 0.357 e. The predicted molar refractivity (Wildman–Crippen MR) is 143 cm³/mol. The summed E-state index contributed by atoms with van der Waals surface area (Å²) in [5.41, 5.74) is 3.27. The number of fused-ring (bicyclic) bond motifs is 1. The van der Waals surface area contributed by atoms with Crippen molar-refractivity contribution in [3.05, 3.63) is 35.8 Å². The van der Waals surface area contributed by atoms with E-state index in [4.69, 9.17) is 9.98 Å². The number of aryl methyl sites for hydroxylation is 1. The summed E-state index contributed by atoms with van der Waals surface area (Å²) >= 11 is 0. The van der Waals surface area contributed by atoms with Crippen LogP contribution in [-0.4, -0.2) is 94.4 Å². The van der Waals surface area contributed by atoms with Gasteiger partial charge in [0, 0.05) is 71.2 Å². The van der Waals surface area contributed by atoms with Gasteiger partial charge in [-0.05, 0) is 45.2 Å². The van der Waals surface area contributed by atoms with Gasteiger partial charge in [0.25, 0.3) is 0 Å². The number of nitrogens with one attached hydrogen (secondary N) is 1. The molecule has 0 radical (unpaired) electrons. The number of pyridine rings is 1. The number of aliphatic imine (C=N–C) groups is 1. The zero-order valence-electron chi connectivity index (χ0n) is 20.2. The molecular formula is C24H38IN7O. The maximum Gasteiger partial charge on any atom is 0.239 e. The van der Waals surface area contributed by atoms with Crippen LogP contribution >= 0.6 is 24.0 Å². The molecule has 0 aromatic carbocycles. The SMILES string of the molecule is CCNC(=NCCc1cn2cccc(C)c2n1)N1CCN(C(C)C(=O)N2CCCC2)CC1.I. The van der Waals surface area contributed by atoms with Gasteiger partial charge in [-0.3, -0.25) is 14.7 Å². The third-order valence-electron chi connectivity index (χ3n) is 6.63. The number of rotatable bonds is 6. The summed E-state index contributed by atoms with van der Waals surface area (Å²) < 4.78 is 2.09. The molecule has 0 bridgehead atoms. The number of guanidine groups is 1. The van der Waals surface area contributed by atoms with Gasteiger partial charge in [0.05, 0.1) is 11.7 Å². The highest BCUT2D eigenvalue weighted by molar-refractivity contribution is 14.0. The Kier molecular flexibility index (Phi) is 9.37. The first-order valence-electron chi connectivity index (χ1n) is 12.1. The molecule has 0 aliphatic carbocycles. The van der Waals surface area contributed by atoms with Crippen LogP contribution in [0.4, 0.5) is 0 Å². The molecule has 2 aromatic rings. The number of hydrogen-bond acceptors (Lipinski definition) is 4. The smallest absolute Gasteiger partial charge is 0.239 e. The maximum absolute atomic E-state index is 12.8. The molecule has 2 saturated heterocycles. The monoisotopic (exact) mass is 567 g/mol. The van der Waals surface area contributed by atoms with E-state index in [1.807, 2.05) is 11.1 Å². The minimum absolute atomic E-state index is 0. The molecule has 1 atom stereocenters. The van der Waals surface area contributed by atoms with Crippen molar-refractivity contribution in [2.45, 2.75) is 46.1 Å². The quantitative estimate of drug-likeness (QED) is 0.330. The van der Waals surface area contributed by atoms with E-state index in [1.165, 1.54) is 5.56 Å². The van der Waals surface area contributed by atoms with E-state index in [0.29, 0.717) is 12.5 Å². The zero-order chi connectivity index (χ0) is 22.5. The van der Waals surface area contributed by atoms with E-state index in [2.05, 4.69) is 58.6 Å². The summed E-state index contributed by atoms with van der Waals surface area (Å²) in [7, 11) is 0. The van der Waals surface area contributed by atoms with Crippen LogP contribution in [0.2, 0.25) is 0 Å². The number of amides is 1. The summed E-state index contributed by atoms with van der Waals surface area (Å²) in [6, 6.07) is 4.11. The Morgan fingerprint density at radius 2 is 1.88 bits per heavy atom. The lowest BCUT2D eigenvalue weighted by Gasteiger charge is -2.39. The molecule has 33 heavy (non-hydrogen) atoms. The van der Waals surface area contributed by atoms with Crippen molar-refractivity contribution in [1.29, 1.82) is 0 Å². The summed E-state index contributed by atoms with van der Waals surface area (Å²) in [4.78, 5) is 29.1. The Bertz CT molecular complexity index is 945. The molecule has 1 unspecified atom stereocenters. The van der Waals surface area contributed by atoms with Gasteiger partial charge in [-0.15, -0.1) is 24.0 Å². The van der Waals surface area contributed by atoms with Gasteiger partial charge in [-0.1, -0.05) is 6.07 Å². The van der Waals surface area contributed by atoms with Crippen LogP contribution < -0.4 is 5.32 Å². The molecule has 182 valence electrons. The van der Waals surface area contributed by atoms with Crippen LogP contribution in [0.1, 0.15) is 37.9 Å². The summed E-state index contributed by atoms with van der Waals surface area (Å²) in [6.45, 7) is 13.2. The Balaban J connectivity index is 0.00000306. The van der Waals surface area contributed by atoms with Gasteiger partial charge in [0.2, 0.25) is 5.91 Å². The average Bonchev–Trinajstić information content (AvgIpc) is 3.48. The average molecular weight is 568 g/mol. The number of aromatic nitrogens is 2. The number of carbonyl (C=O) groups excluding carboxylic acids is 1. The minimum Gasteiger partial charge on any atom is -0.357 e. The number of hydrogen-bond donors (Lipinski definition) is 1. The number of nitrogens with zero attached hydrogens (tertiary/aromatic N) is 6. The van der Waals surface area contributed by atoms with Crippen LogP contribution in [-0.2, 0) is 11.2 Å². The lowest BCUT2D eigenvalue weighted by Crippen LogP contribution is -2.57. The van der Waals surface area contributed by atoms with E-state index >= 15 is 0 Å². The molecule has 0 saturated carbocycles. The molecule has 4 rings (SSSR count). The molecule has 2 aliphatic heterocycles. The van der Waals surface area contributed by atoms with Crippen molar-refractivity contribution in [2.24, 2.45) is 4.99 Å². The zero-order valence-corrected chi connectivity index (χ0v) is 22.5. The number of piperazine rings is 1. The third-order valence-corrected chi connectivity index (χ3v) is 6.63. The Morgan fingerprint density at radius 3 is 2.55 bits per heavy atom. The van der Waals surface area contributed by atoms with E-state index < -0.39 is 0 Å². The van der Waals surface area contributed by atoms with Crippen molar-refractivity contribution >= 4 is 41.5 Å². The number of halogens is 1. The third kappa shape index (κ3) is 6.17. The van der Waals surface area contributed by atoms with Crippen molar-refractivity contribution < 1.29 is 4.79 Å². The maximum atomic E-state index is 12.8. The Hall–Kier alpha value is -1.88. The summed E-state index contributed by atoms with van der Waals surface area (Å²) in [6.07, 6.45) is 7.24. The van der Waals surface area contributed by atoms with Gasteiger partial charge in [0.1, 0.15) is 5.65 Å². The minimum atomic E-state index is -0.0340. The van der Waals surface area contributed by atoms with Crippen molar-refractivity contribution in [2.75, 3.05) is 52.4 Å². The molecule has 9 heteroatoms. The summed E-state index contributed by atoms with van der Waals surface area (Å²) in [5.74, 6) is 1.25. The molecule has 1 N–H and O–H groups in total. The van der Waals surface area contributed by atoms with Gasteiger partial charge >= 0.3 is 0 Å². The highest BCUT2D eigenvalue weighted by atomic mass is 127. The van der Waals surface area contributed by atoms with E-state index in [9.17, 15) is 4.79 Å². The first-order valence-corrected chi connectivity index (χ1v) is 12.1. The Labute approximate surface area is 214 Å². The fourth-order valence-corrected chi connectivity index (χ4v) is 4.71. The molecule has 2 fully saturated rings. The van der Waals surface area contributed by atoms with Gasteiger partial charge in [-0.25, -0.2) is 4.98 Å². The molecule has 8 nitrogen and oxygen atoms in total.